The van der Waals surface area contributed by atoms with E-state index < -0.39 is 5.82 Å². The third-order valence-electron chi connectivity index (χ3n) is 4.84. The van der Waals surface area contributed by atoms with E-state index in [4.69, 9.17) is 11.3 Å². The zero-order chi connectivity index (χ0) is 22.0. The van der Waals surface area contributed by atoms with E-state index in [1.807, 2.05) is 13.0 Å². The number of halogens is 1. The van der Waals surface area contributed by atoms with E-state index in [1.165, 1.54) is 6.33 Å². The summed E-state index contributed by atoms with van der Waals surface area (Å²) in [5.41, 5.74) is 3.61. The molecule has 1 amide bonds. The Labute approximate surface area is 178 Å². The van der Waals surface area contributed by atoms with Crippen molar-refractivity contribution in [3.8, 4) is 11.6 Å². The van der Waals surface area contributed by atoms with Crippen molar-refractivity contribution in [2.45, 2.75) is 13.3 Å². The quantitative estimate of drug-likeness (QED) is 0.572. The summed E-state index contributed by atoms with van der Waals surface area (Å²) in [5.74, 6) is -0.526. The first-order valence-corrected chi connectivity index (χ1v) is 9.48. The number of aromatic nitrogens is 2. The highest BCUT2D eigenvalue weighted by Gasteiger charge is 2.21. The highest BCUT2D eigenvalue weighted by atomic mass is 19.1. The van der Waals surface area contributed by atoms with Crippen LogP contribution in [0.15, 0.2) is 48.3 Å². The van der Waals surface area contributed by atoms with Crippen LogP contribution in [0.2, 0.25) is 0 Å². The Morgan fingerprint density at radius 1 is 1.19 bits per heavy atom. The first-order chi connectivity index (χ1) is 15.0. The molecule has 0 atom stereocenters. The Bertz CT molecular complexity index is 1250. The standard InChI is InChI=1S/C23H18FN5O2/c1-13-10-15-6-9-18(19(24)17(15)11-13)31-23-20(25-2)21(27-12-28-23)29-16-7-4-14(5-8-16)22(30)26-3/h4-9,11-12H,10H2,1,3H3,(H,26,30)(H,27,28,29). The minimum Gasteiger partial charge on any atom is -0.446 e. The molecule has 4 rings (SSSR count). The second kappa shape index (κ2) is 8.24. The molecule has 154 valence electrons. The molecule has 3 aromatic rings. The number of anilines is 2. The SMILES string of the molecule is [C-]#[N+]c1c(Nc2ccc(C(=O)NC)cc2)ncnc1Oc1ccc2c(c1F)C=C(C)C2. The number of carbonyl (C=O) groups is 1. The maximum atomic E-state index is 14.9. The molecule has 2 aromatic carbocycles. The van der Waals surface area contributed by atoms with Crippen molar-refractivity contribution < 1.29 is 13.9 Å². The molecule has 2 N–H and O–H groups in total. The summed E-state index contributed by atoms with van der Waals surface area (Å²) in [5, 5.41) is 5.57. The van der Waals surface area contributed by atoms with E-state index >= 15 is 0 Å². The van der Waals surface area contributed by atoms with E-state index in [0.717, 1.165) is 11.1 Å². The highest BCUT2D eigenvalue weighted by Crippen LogP contribution is 2.39. The number of hydrogen-bond acceptors (Lipinski definition) is 5. The molecule has 1 aliphatic carbocycles. The van der Waals surface area contributed by atoms with Gasteiger partial charge in [-0.05, 0) is 49.2 Å². The molecule has 7 nitrogen and oxygen atoms in total. The van der Waals surface area contributed by atoms with Crippen LogP contribution in [-0.4, -0.2) is 22.9 Å². The third kappa shape index (κ3) is 3.94. The number of nitrogens with zero attached hydrogens (tertiary/aromatic N) is 3. The Kier molecular flexibility index (Phi) is 5.33. The van der Waals surface area contributed by atoms with Crippen LogP contribution in [-0.2, 0) is 6.42 Å². The zero-order valence-corrected chi connectivity index (χ0v) is 16.9. The molecule has 1 aromatic heterocycles. The van der Waals surface area contributed by atoms with Gasteiger partial charge in [-0.15, -0.1) is 0 Å². The molecule has 0 saturated carbocycles. The van der Waals surface area contributed by atoms with Crippen LogP contribution in [0.4, 0.5) is 21.6 Å². The molecule has 0 unspecified atom stereocenters. The average Bonchev–Trinajstić information content (AvgIpc) is 3.17. The Morgan fingerprint density at radius 3 is 2.68 bits per heavy atom. The lowest BCUT2D eigenvalue weighted by atomic mass is 10.1. The fraction of sp³-hybridized carbons (Fsp3) is 0.130. The van der Waals surface area contributed by atoms with Crippen molar-refractivity contribution in [1.29, 1.82) is 0 Å². The summed E-state index contributed by atoms with van der Waals surface area (Å²) >= 11 is 0. The monoisotopic (exact) mass is 415 g/mol. The Morgan fingerprint density at radius 2 is 1.97 bits per heavy atom. The van der Waals surface area contributed by atoms with Crippen LogP contribution in [0.1, 0.15) is 28.4 Å². The molecule has 0 aliphatic heterocycles. The molecule has 1 heterocycles. The fourth-order valence-corrected chi connectivity index (χ4v) is 3.32. The number of fused-ring (bicyclic) bond motifs is 1. The lowest BCUT2D eigenvalue weighted by molar-refractivity contribution is 0.0963. The van der Waals surface area contributed by atoms with Gasteiger partial charge in [0, 0.05) is 23.9 Å². The van der Waals surface area contributed by atoms with Gasteiger partial charge in [0.2, 0.25) is 5.88 Å². The Balaban J connectivity index is 1.62. The molecule has 31 heavy (non-hydrogen) atoms. The van der Waals surface area contributed by atoms with E-state index in [1.54, 1.807) is 43.5 Å². The first-order valence-electron chi connectivity index (χ1n) is 9.48. The van der Waals surface area contributed by atoms with Crippen molar-refractivity contribution in [2.24, 2.45) is 0 Å². The summed E-state index contributed by atoms with van der Waals surface area (Å²) in [6.07, 6.45) is 3.74. The van der Waals surface area contributed by atoms with Gasteiger partial charge in [-0.1, -0.05) is 17.7 Å². The maximum absolute atomic E-state index is 14.9. The van der Waals surface area contributed by atoms with Crippen LogP contribution in [0.3, 0.4) is 0 Å². The Hall–Kier alpha value is -4.25. The number of hydrogen-bond donors (Lipinski definition) is 2. The molecular formula is C23H18FN5O2. The second-order valence-electron chi connectivity index (χ2n) is 6.99. The molecule has 0 radical (unpaired) electrons. The maximum Gasteiger partial charge on any atom is 0.288 e. The zero-order valence-electron chi connectivity index (χ0n) is 16.9. The smallest absolute Gasteiger partial charge is 0.288 e. The first kappa shape index (κ1) is 20.0. The number of carbonyl (C=O) groups excluding carboxylic acids is 1. The van der Waals surface area contributed by atoms with Gasteiger partial charge in [0.15, 0.2) is 11.6 Å². The minimum atomic E-state index is -0.483. The van der Waals surface area contributed by atoms with Gasteiger partial charge < -0.3 is 15.4 Å². The van der Waals surface area contributed by atoms with Crippen molar-refractivity contribution >= 4 is 29.2 Å². The summed E-state index contributed by atoms with van der Waals surface area (Å²) < 4.78 is 20.6. The molecule has 0 spiro atoms. The highest BCUT2D eigenvalue weighted by molar-refractivity contribution is 5.94. The topological polar surface area (TPSA) is 80.5 Å². The fourth-order valence-electron chi connectivity index (χ4n) is 3.32. The van der Waals surface area contributed by atoms with Crippen LogP contribution in [0.25, 0.3) is 10.9 Å². The molecular weight excluding hydrogens is 397 g/mol. The number of benzene rings is 2. The number of rotatable bonds is 5. The number of ether oxygens (including phenoxy) is 1. The molecule has 0 bridgehead atoms. The van der Waals surface area contributed by atoms with Crippen molar-refractivity contribution in [3.63, 3.8) is 0 Å². The van der Waals surface area contributed by atoms with Gasteiger partial charge in [-0.2, -0.15) is 0 Å². The summed E-state index contributed by atoms with van der Waals surface area (Å²) in [6.45, 7) is 9.49. The van der Waals surface area contributed by atoms with E-state index in [9.17, 15) is 9.18 Å². The molecule has 1 aliphatic rings. The third-order valence-corrected chi connectivity index (χ3v) is 4.84. The summed E-state index contributed by atoms with van der Waals surface area (Å²) in [4.78, 5) is 23.3. The van der Waals surface area contributed by atoms with Gasteiger partial charge in [-0.25, -0.2) is 19.2 Å². The summed E-state index contributed by atoms with van der Waals surface area (Å²) in [7, 11) is 1.56. The van der Waals surface area contributed by atoms with Crippen LogP contribution in [0.5, 0.6) is 11.6 Å². The number of allylic oxidation sites excluding steroid dienone is 1. The molecule has 8 heteroatoms. The van der Waals surface area contributed by atoms with Gasteiger partial charge in [0.1, 0.15) is 12.1 Å². The molecule has 0 fully saturated rings. The second-order valence-corrected chi connectivity index (χ2v) is 6.99. The number of amides is 1. The van der Waals surface area contributed by atoms with Crippen molar-refractivity contribution in [3.05, 3.63) is 82.2 Å². The van der Waals surface area contributed by atoms with Crippen molar-refractivity contribution in [2.75, 3.05) is 12.4 Å². The minimum absolute atomic E-state index is 0.00539. The van der Waals surface area contributed by atoms with E-state index in [-0.39, 0.29) is 29.0 Å². The van der Waals surface area contributed by atoms with Gasteiger partial charge in [-0.3, -0.25) is 4.79 Å². The lowest BCUT2D eigenvalue weighted by Crippen LogP contribution is -2.17. The van der Waals surface area contributed by atoms with Crippen molar-refractivity contribution in [1.82, 2.24) is 15.3 Å². The predicted octanol–water partition coefficient (Wildman–Crippen LogP) is 5.02. The molecule has 0 saturated heterocycles. The number of nitrogens with one attached hydrogen (secondary N) is 2. The van der Waals surface area contributed by atoms with Crippen LogP contribution in [0, 0.1) is 12.4 Å². The normalized spacial score (nSPS) is 11.9. The summed E-state index contributed by atoms with van der Waals surface area (Å²) in [6, 6.07) is 10.0. The van der Waals surface area contributed by atoms with Gasteiger partial charge in [0.25, 0.3) is 11.6 Å². The predicted molar refractivity (Wildman–Crippen MR) is 115 cm³/mol. The van der Waals surface area contributed by atoms with E-state index in [2.05, 4.69) is 25.4 Å². The largest absolute Gasteiger partial charge is 0.446 e. The van der Waals surface area contributed by atoms with Crippen LogP contribution >= 0.6 is 0 Å². The van der Waals surface area contributed by atoms with Gasteiger partial charge in [0.05, 0.1) is 6.57 Å². The average molecular weight is 415 g/mol. The van der Waals surface area contributed by atoms with Crippen LogP contribution < -0.4 is 15.4 Å². The van der Waals surface area contributed by atoms with Gasteiger partial charge >= 0.3 is 0 Å². The lowest BCUT2D eigenvalue weighted by Gasteiger charge is -2.13. The van der Waals surface area contributed by atoms with E-state index in [0.29, 0.717) is 23.2 Å².